The summed E-state index contributed by atoms with van der Waals surface area (Å²) in [6, 6.07) is 2.81. The van der Waals surface area contributed by atoms with Crippen LogP contribution < -0.4 is 5.32 Å². The topological polar surface area (TPSA) is 62.3 Å². The Balaban J connectivity index is 2.46. The molecule has 0 saturated carbocycles. The number of carbonyl (C=O) groups is 2. The van der Waals surface area contributed by atoms with Crippen molar-refractivity contribution in [1.29, 1.82) is 0 Å². The summed E-state index contributed by atoms with van der Waals surface area (Å²) in [6.45, 7) is 0.171. The van der Waals surface area contributed by atoms with Crippen molar-refractivity contribution in [2.45, 2.75) is 6.42 Å². The van der Waals surface area contributed by atoms with E-state index in [0.717, 1.165) is 0 Å². The highest BCUT2D eigenvalue weighted by atomic mass is 19.1. The van der Waals surface area contributed by atoms with Crippen LogP contribution in [0.2, 0.25) is 0 Å². The molecule has 0 aliphatic carbocycles. The molecule has 0 aliphatic rings. The lowest BCUT2D eigenvalue weighted by atomic mass is 10.2. The Kier molecular flexibility index (Phi) is 4.56. The summed E-state index contributed by atoms with van der Waals surface area (Å²) in [7, 11) is 3.26. The lowest BCUT2D eigenvalue weighted by molar-refractivity contribution is -0.128. The minimum Gasteiger partial charge on any atom is -0.351 e. The van der Waals surface area contributed by atoms with E-state index in [1.165, 1.54) is 23.2 Å². The Labute approximate surface area is 98.6 Å². The van der Waals surface area contributed by atoms with Crippen LogP contribution in [0.15, 0.2) is 18.3 Å². The molecule has 92 valence electrons. The maximum Gasteiger partial charge on any atom is 0.255 e. The van der Waals surface area contributed by atoms with Crippen LogP contribution in [0.25, 0.3) is 0 Å². The van der Waals surface area contributed by atoms with Crippen molar-refractivity contribution in [2.24, 2.45) is 0 Å². The maximum atomic E-state index is 13.1. The van der Waals surface area contributed by atoms with E-state index in [0.29, 0.717) is 0 Å². The van der Waals surface area contributed by atoms with Gasteiger partial charge in [-0.3, -0.25) is 9.59 Å². The molecule has 6 heteroatoms. The molecule has 0 spiro atoms. The third-order valence-corrected chi connectivity index (χ3v) is 2.13. The molecule has 0 aliphatic heterocycles. The minimum absolute atomic E-state index is 0.100. The number of pyridine rings is 1. The van der Waals surface area contributed by atoms with Gasteiger partial charge in [-0.05, 0) is 12.1 Å². The summed E-state index contributed by atoms with van der Waals surface area (Å²) < 4.78 is 13.1. The molecule has 17 heavy (non-hydrogen) atoms. The number of hydrogen-bond acceptors (Lipinski definition) is 3. The third-order valence-electron chi connectivity index (χ3n) is 2.13. The fourth-order valence-electron chi connectivity index (χ4n) is 1.16. The molecule has 0 saturated heterocycles. The van der Waals surface area contributed by atoms with E-state index in [4.69, 9.17) is 0 Å². The first-order valence-electron chi connectivity index (χ1n) is 5.11. The van der Waals surface area contributed by atoms with Gasteiger partial charge in [0.25, 0.3) is 5.91 Å². The van der Waals surface area contributed by atoms with Crippen molar-refractivity contribution < 1.29 is 14.0 Å². The standard InChI is InChI=1S/C11H14FN3O2/c1-15(2)9(16)5-7-14-11(17)8-4-3-6-13-10(8)12/h3-4,6H,5,7H2,1-2H3,(H,14,17). The second-order valence-corrected chi connectivity index (χ2v) is 3.64. The average Bonchev–Trinajstić information content (AvgIpc) is 2.29. The molecule has 1 N–H and O–H groups in total. The third kappa shape index (κ3) is 3.82. The van der Waals surface area contributed by atoms with Crippen molar-refractivity contribution in [2.75, 3.05) is 20.6 Å². The molecule has 1 heterocycles. The van der Waals surface area contributed by atoms with Crippen molar-refractivity contribution in [3.8, 4) is 0 Å². The van der Waals surface area contributed by atoms with Gasteiger partial charge in [-0.1, -0.05) is 0 Å². The Hall–Kier alpha value is -1.98. The predicted octanol–water partition coefficient (Wildman–Crippen LogP) is 0.429. The van der Waals surface area contributed by atoms with Crippen LogP contribution in [0.1, 0.15) is 16.8 Å². The quantitative estimate of drug-likeness (QED) is 0.775. The molecule has 1 aromatic rings. The number of nitrogens with one attached hydrogen (secondary N) is 1. The summed E-state index contributed by atoms with van der Waals surface area (Å²) in [5.74, 6) is -1.48. The van der Waals surface area contributed by atoms with Gasteiger partial charge in [0.05, 0.1) is 5.56 Å². The highest BCUT2D eigenvalue weighted by Crippen LogP contribution is 2.02. The highest BCUT2D eigenvalue weighted by Gasteiger charge is 2.12. The summed E-state index contributed by atoms with van der Waals surface area (Å²) in [4.78, 5) is 27.5. The predicted molar refractivity (Wildman–Crippen MR) is 59.8 cm³/mol. The Bertz CT molecular complexity index is 421. The van der Waals surface area contributed by atoms with Crippen LogP contribution in [0.5, 0.6) is 0 Å². The van der Waals surface area contributed by atoms with Crippen molar-refractivity contribution in [1.82, 2.24) is 15.2 Å². The van der Waals surface area contributed by atoms with Gasteiger partial charge in [-0.2, -0.15) is 4.39 Å². The molecule has 0 unspecified atom stereocenters. The largest absolute Gasteiger partial charge is 0.351 e. The van der Waals surface area contributed by atoms with Gasteiger partial charge in [-0.25, -0.2) is 4.98 Å². The van der Waals surface area contributed by atoms with Gasteiger partial charge in [0, 0.05) is 33.3 Å². The Morgan fingerprint density at radius 2 is 2.18 bits per heavy atom. The number of carbonyl (C=O) groups excluding carboxylic acids is 2. The second kappa shape index (κ2) is 5.93. The average molecular weight is 239 g/mol. The molecular weight excluding hydrogens is 225 g/mol. The fraction of sp³-hybridized carbons (Fsp3) is 0.364. The lowest BCUT2D eigenvalue weighted by Gasteiger charge is -2.10. The molecule has 0 fully saturated rings. The van der Waals surface area contributed by atoms with Gasteiger partial charge in [0.15, 0.2) is 0 Å². The van der Waals surface area contributed by atoms with Gasteiger partial charge >= 0.3 is 0 Å². The summed E-state index contributed by atoms with van der Waals surface area (Å²) in [5, 5.41) is 2.46. The molecule has 1 rings (SSSR count). The number of halogens is 1. The zero-order valence-corrected chi connectivity index (χ0v) is 9.74. The lowest BCUT2D eigenvalue weighted by Crippen LogP contribution is -2.30. The first-order chi connectivity index (χ1) is 8.02. The van der Waals surface area contributed by atoms with Crippen LogP contribution in [0.3, 0.4) is 0 Å². The van der Waals surface area contributed by atoms with Crippen LogP contribution in [0, 0.1) is 5.95 Å². The Morgan fingerprint density at radius 1 is 1.47 bits per heavy atom. The maximum absolute atomic E-state index is 13.1. The van der Waals surface area contributed by atoms with E-state index < -0.39 is 11.9 Å². The van der Waals surface area contributed by atoms with Crippen LogP contribution in [0.4, 0.5) is 4.39 Å². The van der Waals surface area contributed by atoms with E-state index in [2.05, 4.69) is 10.3 Å². The molecule has 5 nitrogen and oxygen atoms in total. The number of aromatic nitrogens is 1. The zero-order chi connectivity index (χ0) is 12.8. The summed E-state index contributed by atoms with van der Waals surface area (Å²) >= 11 is 0. The molecule has 0 bridgehead atoms. The highest BCUT2D eigenvalue weighted by molar-refractivity contribution is 5.94. The summed E-state index contributed by atoms with van der Waals surface area (Å²) in [6.07, 6.45) is 1.45. The fourth-order valence-corrected chi connectivity index (χ4v) is 1.16. The van der Waals surface area contributed by atoms with Crippen LogP contribution >= 0.6 is 0 Å². The molecule has 0 aromatic carbocycles. The van der Waals surface area contributed by atoms with Crippen molar-refractivity contribution >= 4 is 11.8 Å². The van der Waals surface area contributed by atoms with E-state index in [-0.39, 0.29) is 24.4 Å². The van der Waals surface area contributed by atoms with Crippen LogP contribution in [-0.4, -0.2) is 42.3 Å². The van der Waals surface area contributed by atoms with E-state index in [1.807, 2.05) is 0 Å². The van der Waals surface area contributed by atoms with Crippen molar-refractivity contribution in [3.63, 3.8) is 0 Å². The number of amides is 2. The van der Waals surface area contributed by atoms with E-state index in [1.54, 1.807) is 14.1 Å². The van der Waals surface area contributed by atoms with Gasteiger partial charge in [0.2, 0.25) is 11.9 Å². The zero-order valence-electron chi connectivity index (χ0n) is 9.74. The molecule has 0 atom stereocenters. The molecule has 0 radical (unpaired) electrons. The van der Waals surface area contributed by atoms with Crippen LogP contribution in [-0.2, 0) is 4.79 Å². The molecule has 2 amide bonds. The minimum atomic E-state index is -0.816. The monoisotopic (exact) mass is 239 g/mol. The summed E-state index contributed by atoms with van der Waals surface area (Å²) in [5.41, 5.74) is -0.121. The number of nitrogens with zero attached hydrogens (tertiary/aromatic N) is 2. The van der Waals surface area contributed by atoms with E-state index >= 15 is 0 Å². The van der Waals surface area contributed by atoms with E-state index in [9.17, 15) is 14.0 Å². The first-order valence-corrected chi connectivity index (χ1v) is 5.11. The normalized spacial score (nSPS) is 9.82. The second-order valence-electron chi connectivity index (χ2n) is 3.64. The van der Waals surface area contributed by atoms with Crippen molar-refractivity contribution in [3.05, 3.63) is 29.8 Å². The van der Waals surface area contributed by atoms with Gasteiger partial charge in [-0.15, -0.1) is 0 Å². The first kappa shape index (κ1) is 13.1. The molecular formula is C11H14FN3O2. The number of hydrogen-bond donors (Lipinski definition) is 1. The smallest absolute Gasteiger partial charge is 0.255 e. The number of rotatable bonds is 4. The SMILES string of the molecule is CN(C)C(=O)CCNC(=O)c1cccnc1F. The molecule has 1 aromatic heterocycles. The van der Waals surface area contributed by atoms with Gasteiger partial charge < -0.3 is 10.2 Å². The van der Waals surface area contributed by atoms with Gasteiger partial charge in [0.1, 0.15) is 0 Å². The Morgan fingerprint density at radius 3 is 2.76 bits per heavy atom.